The molecule has 270 valence electrons. The second-order valence-corrected chi connectivity index (χ2v) is 13.6. The van der Waals surface area contributed by atoms with Crippen LogP contribution >= 0.6 is 0 Å². The van der Waals surface area contributed by atoms with Gasteiger partial charge in [-0.1, -0.05) is 72.8 Å². The molecule has 0 saturated carbocycles. The van der Waals surface area contributed by atoms with Gasteiger partial charge in [0.1, 0.15) is 23.0 Å². The van der Waals surface area contributed by atoms with Gasteiger partial charge in [0.15, 0.2) is 0 Å². The minimum atomic E-state index is -0.0264. The van der Waals surface area contributed by atoms with Crippen LogP contribution in [-0.2, 0) is 0 Å². The first kappa shape index (κ1) is 34.0. The van der Waals surface area contributed by atoms with Gasteiger partial charge >= 0.3 is 0 Å². The Morgan fingerprint density at radius 3 is 1.52 bits per heavy atom. The second-order valence-electron chi connectivity index (χ2n) is 13.6. The average Bonchev–Trinajstić information content (AvgIpc) is 4.00. The first-order chi connectivity index (χ1) is 27.3. The molecule has 8 nitrogen and oxygen atoms in total. The number of phenols is 4. The Labute approximate surface area is 321 Å². The van der Waals surface area contributed by atoms with Gasteiger partial charge in [-0.05, 0) is 118 Å². The van der Waals surface area contributed by atoms with Crippen molar-refractivity contribution >= 4 is 70.7 Å². The zero-order chi connectivity index (χ0) is 38.2. The molecule has 8 heteroatoms. The number of benzene rings is 4. The molecule has 0 fully saturated rings. The number of hydrogen-bond acceptors (Lipinski definition) is 6. The van der Waals surface area contributed by atoms with Crippen LogP contribution < -0.4 is 0 Å². The molecule has 5 heterocycles. The van der Waals surface area contributed by atoms with E-state index in [4.69, 9.17) is 9.97 Å². The van der Waals surface area contributed by atoms with Gasteiger partial charge in [-0.3, -0.25) is 0 Å². The number of aromatic hydroxyl groups is 4. The fourth-order valence-electron chi connectivity index (χ4n) is 7.15. The maximum absolute atomic E-state index is 10.2. The number of nitrogens with one attached hydrogen (secondary N) is 2. The van der Waals surface area contributed by atoms with Gasteiger partial charge in [-0.25, -0.2) is 9.97 Å². The van der Waals surface area contributed by atoms with Crippen molar-refractivity contribution in [2.24, 2.45) is 0 Å². The lowest BCUT2D eigenvalue weighted by molar-refractivity contribution is 0.449. The topological polar surface area (TPSA) is 138 Å². The molecule has 3 aromatic heterocycles. The predicted molar refractivity (Wildman–Crippen MR) is 227 cm³/mol. The fraction of sp³-hybridized carbons (Fsp3) is 0. The molecule has 9 rings (SSSR count). The Balaban J connectivity index is 1.34. The maximum Gasteiger partial charge on any atom is 0.119 e. The number of nitrogens with zero attached hydrogens (tertiary/aromatic N) is 2. The molecule has 56 heavy (non-hydrogen) atoms. The van der Waals surface area contributed by atoms with E-state index in [9.17, 15) is 20.4 Å². The number of aromatic amines is 2. The van der Waals surface area contributed by atoms with Gasteiger partial charge in [0, 0.05) is 39.8 Å². The highest BCUT2D eigenvalue weighted by Gasteiger charge is 2.18. The summed E-state index contributed by atoms with van der Waals surface area (Å²) in [7, 11) is 0. The van der Waals surface area contributed by atoms with Crippen molar-refractivity contribution in [2.45, 2.75) is 0 Å². The Morgan fingerprint density at radius 1 is 0.411 bits per heavy atom. The molecular formula is C48H34N4O4. The van der Waals surface area contributed by atoms with E-state index < -0.39 is 0 Å². The van der Waals surface area contributed by atoms with E-state index in [2.05, 4.69) is 28.2 Å². The van der Waals surface area contributed by atoms with Crippen LogP contribution in [0.4, 0.5) is 0 Å². The van der Waals surface area contributed by atoms with E-state index in [-0.39, 0.29) is 23.0 Å². The van der Waals surface area contributed by atoms with Gasteiger partial charge in [0.2, 0.25) is 0 Å². The van der Waals surface area contributed by atoms with Crippen LogP contribution in [0.25, 0.3) is 92.9 Å². The lowest BCUT2D eigenvalue weighted by Gasteiger charge is -2.12. The average molecular weight is 731 g/mol. The minimum absolute atomic E-state index is 0.0217. The summed E-state index contributed by atoms with van der Waals surface area (Å²) in [6.45, 7) is 0. The number of rotatable bonds is 6. The third-order valence-electron chi connectivity index (χ3n) is 9.57. The number of hydrogen-bond donors (Lipinski definition) is 6. The summed E-state index contributed by atoms with van der Waals surface area (Å²) >= 11 is 0. The zero-order valence-corrected chi connectivity index (χ0v) is 29.8. The van der Waals surface area contributed by atoms with Gasteiger partial charge < -0.3 is 30.4 Å². The third kappa shape index (κ3) is 7.10. The number of phenolic OH excluding ortho intramolecular Hbond substituents is 4. The number of aromatic nitrogens is 4. The van der Waals surface area contributed by atoms with Crippen molar-refractivity contribution < 1.29 is 20.4 Å². The lowest BCUT2D eigenvalue weighted by Crippen LogP contribution is -1.91. The minimum Gasteiger partial charge on any atom is -0.508 e. The molecule has 0 unspecified atom stereocenters. The highest BCUT2D eigenvalue weighted by molar-refractivity contribution is 6.03. The van der Waals surface area contributed by atoms with Crippen LogP contribution in [0.1, 0.15) is 45.0 Å². The molecule has 2 aliphatic rings. The molecule has 0 spiro atoms. The number of fused-ring (bicyclic) bond motifs is 8. The first-order valence-corrected chi connectivity index (χ1v) is 18.0. The third-order valence-corrected chi connectivity index (χ3v) is 9.57. The normalized spacial score (nSPS) is 12.3. The van der Waals surface area contributed by atoms with Crippen molar-refractivity contribution in [1.82, 2.24) is 19.9 Å². The summed E-state index contributed by atoms with van der Waals surface area (Å²) in [5.41, 5.74) is 13.4. The van der Waals surface area contributed by atoms with Crippen LogP contribution in [0, 0.1) is 0 Å². The monoisotopic (exact) mass is 730 g/mol. The summed E-state index contributed by atoms with van der Waals surface area (Å²) in [6, 6.07) is 37.4. The second kappa shape index (κ2) is 14.2. The summed E-state index contributed by atoms with van der Waals surface area (Å²) in [4.78, 5) is 17.3. The van der Waals surface area contributed by atoms with E-state index in [1.165, 1.54) is 12.1 Å². The molecule has 0 atom stereocenters. The summed E-state index contributed by atoms with van der Waals surface area (Å²) in [6.07, 6.45) is 15.7. The molecule has 8 bridgehead atoms. The maximum atomic E-state index is 10.2. The Morgan fingerprint density at radius 2 is 0.911 bits per heavy atom. The van der Waals surface area contributed by atoms with E-state index in [1.54, 1.807) is 24.3 Å². The van der Waals surface area contributed by atoms with Crippen LogP contribution in [0.5, 0.6) is 23.0 Å². The Bertz CT molecular complexity index is 2940. The molecule has 0 aliphatic carbocycles. The van der Waals surface area contributed by atoms with Crippen LogP contribution in [0.2, 0.25) is 0 Å². The molecule has 6 N–H and O–H groups in total. The van der Waals surface area contributed by atoms with Gasteiger partial charge in [-0.15, -0.1) is 0 Å². The van der Waals surface area contributed by atoms with Crippen molar-refractivity contribution in [1.29, 1.82) is 0 Å². The Hall–Kier alpha value is -7.84. The molecular weight excluding hydrogens is 697 g/mol. The van der Waals surface area contributed by atoms with Crippen molar-refractivity contribution in [3.05, 3.63) is 166 Å². The van der Waals surface area contributed by atoms with Gasteiger partial charge in [-0.2, -0.15) is 0 Å². The molecule has 4 aromatic carbocycles. The van der Waals surface area contributed by atoms with Gasteiger partial charge in [0.05, 0.1) is 28.3 Å². The Kier molecular flexibility index (Phi) is 8.60. The standard InChI is InChI=1S/C48H34N4O4/c53-39-19-29(20-40(54)27-39)9-11-31-5-1-3-7-43(31)45-26-38-25-36-16-15-34(50-36)23-33-13-14-35(49-33)24-37-17-18-46(51-37)47(48(45)52-38)44-8-4-2-6-32(44)12-10-30-21-41(55)28-42(56)22-30/h1-28,49,52-56H. The molecule has 0 saturated heterocycles. The zero-order valence-electron chi connectivity index (χ0n) is 29.8. The smallest absolute Gasteiger partial charge is 0.119 e. The van der Waals surface area contributed by atoms with Crippen LogP contribution in [0.3, 0.4) is 0 Å². The van der Waals surface area contributed by atoms with E-state index >= 15 is 0 Å². The van der Waals surface area contributed by atoms with Crippen LogP contribution in [-0.4, -0.2) is 40.4 Å². The molecule has 7 aromatic rings. The van der Waals surface area contributed by atoms with E-state index in [0.717, 1.165) is 78.2 Å². The summed E-state index contributed by atoms with van der Waals surface area (Å²) in [5.74, 6) is -0.0962. The number of H-pyrrole nitrogens is 2. The quantitative estimate of drug-likeness (QED) is 0.0942. The largest absolute Gasteiger partial charge is 0.508 e. The first-order valence-electron chi connectivity index (χ1n) is 18.0. The highest BCUT2D eigenvalue weighted by atomic mass is 16.3. The summed E-state index contributed by atoms with van der Waals surface area (Å²) < 4.78 is 0. The van der Waals surface area contributed by atoms with Gasteiger partial charge in [0.25, 0.3) is 0 Å². The van der Waals surface area contributed by atoms with E-state index in [1.807, 2.05) is 115 Å². The summed E-state index contributed by atoms with van der Waals surface area (Å²) in [5, 5.41) is 40.6. The highest BCUT2D eigenvalue weighted by Crippen LogP contribution is 2.40. The van der Waals surface area contributed by atoms with E-state index in [0.29, 0.717) is 11.1 Å². The van der Waals surface area contributed by atoms with Crippen molar-refractivity contribution in [3.8, 4) is 45.3 Å². The lowest BCUT2D eigenvalue weighted by atomic mass is 9.93. The van der Waals surface area contributed by atoms with Crippen molar-refractivity contribution in [2.75, 3.05) is 0 Å². The SMILES string of the molecule is Oc1cc(O)cc(C=Cc2ccccc2-c2cc3cc4nc(cc5ccc(cc6nc(c(-c7ccccc7C=Cc7cc(O)cc(O)c7)c2[nH]3)C=C6)[nH]5)C=C4)c1. The van der Waals surface area contributed by atoms with Crippen LogP contribution in [0.15, 0.2) is 121 Å². The van der Waals surface area contributed by atoms with Crippen molar-refractivity contribution in [3.63, 3.8) is 0 Å². The predicted octanol–water partition coefficient (Wildman–Crippen LogP) is 11.2. The molecule has 0 amide bonds. The fourth-order valence-corrected chi connectivity index (χ4v) is 7.15. The molecule has 2 aliphatic heterocycles. The molecule has 0 radical (unpaired) electrons.